The van der Waals surface area contributed by atoms with Crippen molar-refractivity contribution in [2.24, 2.45) is 7.05 Å². The Hall–Kier alpha value is -0.620. The quantitative estimate of drug-likeness (QED) is 0.840. The van der Waals surface area contributed by atoms with Gasteiger partial charge in [-0.25, -0.2) is 0 Å². The third kappa shape index (κ3) is 3.29. The van der Waals surface area contributed by atoms with Crippen molar-refractivity contribution in [2.75, 3.05) is 46.8 Å². The fourth-order valence-corrected chi connectivity index (χ4v) is 4.32. The van der Waals surface area contributed by atoms with Crippen molar-refractivity contribution < 1.29 is 0 Å². The molecule has 23 heavy (non-hydrogen) atoms. The lowest BCUT2D eigenvalue weighted by Gasteiger charge is -2.52. The highest BCUT2D eigenvalue weighted by Gasteiger charge is 2.41. The molecule has 3 heterocycles. The zero-order valence-electron chi connectivity index (χ0n) is 15.0. The lowest BCUT2D eigenvalue weighted by atomic mass is 9.84. The Morgan fingerprint density at radius 1 is 1.09 bits per heavy atom. The molecule has 6 heteroatoms. The van der Waals surface area contributed by atoms with E-state index in [9.17, 15) is 0 Å². The maximum Gasteiger partial charge on any atom is 0.131 e. The first kappa shape index (κ1) is 17.2. The van der Waals surface area contributed by atoms with Crippen LogP contribution in [0.15, 0.2) is 0 Å². The first-order valence-electron chi connectivity index (χ1n) is 8.77. The van der Waals surface area contributed by atoms with Crippen molar-refractivity contribution >= 4 is 11.6 Å². The largest absolute Gasteiger partial charge is 0.306 e. The lowest BCUT2D eigenvalue weighted by molar-refractivity contribution is -0.0258. The fraction of sp³-hybridized carbons (Fsp3) is 0.824. The van der Waals surface area contributed by atoms with Gasteiger partial charge in [0.05, 0.1) is 5.69 Å². The van der Waals surface area contributed by atoms with Crippen LogP contribution in [0.5, 0.6) is 0 Å². The SMILES string of the molecule is CCc1nn(C)c(Cl)c1CN1CCN(C)C2(CCN(C)CC2)C1. The third-order valence-electron chi connectivity index (χ3n) is 5.87. The van der Waals surface area contributed by atoms with Crippen LogP contribution in [0.3, 0.4) is 0 Å². The van der Waals surface area contributed by atoms with Gasteiger partial charge in [0.1, 0.15) is 5.15 Å². The van der Waals surface area contributed by atoms with Crippen molar-refractivity contribution in [3.8, 4) is 0 Å². The van der Waals surface area contributed by atoms with Gasteiger partial charge in [0.15, 0.2) is 0 Å². The van der Waals surface area contributed by atoms with Gasteiger partial charge in [0.25, 0.3) is 0 Å². The van der Waals surface area contributed by atoms with Crippen LogP contribution < -0.4 is 0 Å². The second-order valence-corrected chi connectivity index (χ2v) is 7.71. The molecular weight excluding hydrogens is 310 g/mol. The fourth-order valence-electron chi connectivity index (χ4n) is 4.12. The average molecular weight is 340 g/mol. The van der Waals surface area contributed by atoms with Crippen LogP contribution in [0.1, 0.15) is 31.0 Å². The van der Waals surface area contributed by atoms with E-state index in [-0.39, 0.29) is 0 Å². The van der Waals surface area contributed by atoms with Crippen molar-refractivity contribution in [3.05, 3.63) is 16.4 Å². The Labute approximate surface area is 145 Å². The number of likely N-dealkylation sites (tertiary alicyclic amines) is 1. The highest BCUT2D eigenvalue weighted by molar-refractivity contribution is 6.30. The van der Waals surface area contributed by atoms with Gasteiger partial charge in [-0.15, -0.1) is 0 Å². The molecule has 0 bridgehead atoms. The highest BCUT2D eigenvalue weighted by atomic mass is 35.5. The van der Waals surface area contributed by atoms with Gasteiger partial charge in [-0.2, -0.15) is 5.10 Å². The van der Waals surface area contributed by atoms with E-state index >= 15 is 0 Å². The zero-order valence-corrected chi connectivity index (χ0v) is 15.7. The molecule has 0 saturated carbocycles. The van der Waals surface area contributed by atoms with Gasteiger partial charge >= 0.3 is 0 Å². The maximum absolute atomic E-state index is 6.49. The molecule has 3 rings (SSSR count). The molecular formula is C17H30ClN5. The minimum Gasteiger partial charge on any atom is -0.306 e. The van der Waals surface area contributed by atoms with Crippen LogP contribution >= 0.6 is 11.6 Å². The van der Waals surface area contributed by atoms with E-state index < -0.39 is 0 Å². The standard InChI is InChI=1S/C17H30ClN5/c1-5-15-14(16(18)22(4)19-15)12-23-11-10-21(3)17(13-23)6-8-20(2)9-7-17/h5-13H2,1-4H3. The Kier molecular flexibility index (Phi) is 5.02. The minimum atomic E-state index is 0.339. The molecule has 1 aromatic rings. The molecule has 0 atom stereocenters. The van der Waals surface area contributed by atoms with Gasteiger partial charge in [0, 0.05) is 44.3 Å². The Morgan fingerprint density at radius 3 is 2.43 bits per heavy atom. The van der Waals surface area contributed by atoms with Gasteiger partial charge in [-0.05, 0) is 46.4 Å². The van der Waals surface area contributed by atoms with E-state index in [1.165, 1.54) is 31.5 Å². The van der Waals surface area contributed by atoms with Gasteiger partial charge in [-0.1, -0.05) is 18.5 Å². The summed E-state index contributed by atoms with van der Waals surface area (Å²) < 4.78 is 1.82. The molecule has 2 aliphatic rings. The van der Waals surface area contributed by atoms with E-state index in [0.29, 0.717) is 5.54 Å². The molecule has 5 nitrogen and oxygen atoms in total. The van der Waals surface area contributed by atoms with Crippen LogP contribution in [-0.4, -0.2) is 76.8 Å². The number of aromatic nitrogens is 2. The van der Waals surface area contributed by atoms with E-state index in [2.05, 4.69) is 40.8 Å². The molecule has 0 N–H and O–H groups in total. The summed E-state index contributed by atoms with van der Waals surface area (Å²) in [5.41, 5.74) is 2.71. The molecule has 2 saturated heterocycles. The van der Waals surface area contributed by atoms with E-state index in [0.717, 1.165) is 43.4 Å². The first-order valence-corrected chi connectivity index (χ1v) is 9.15. The first-order chi connectivity index (χ1) is 10.9. The second kappa shape index (κ2) is 6.71. The van der Waals surface area contributed by atoms with Crippen LogP contribution in [0.4, 0.5) is 0 Å². The number of rotatable bonds is 3. The summed E-state index contributed by atoms with van der Waals surface area (Å²) in [7, 11) is 6.47. The predicted molar refractivity (Wildman–Crippen MR) is 95.0 cm³/mol. The lowest BCUT2D eigenvalue weighted by Crippen LogP contribution is -2.63. The summed E-state index contributed by atoms with van der Waals surface area (Å²) in [6.45, 7) is 8.89. The summed E-state index contributed by atoms with van der Waals surface area (Å²) in [6, 6.07) is 0. The van der Waals surface area contributed by atoms with Crippen molar-refractivity contribution in [2.45, 2.75) is 38.3 Å². The summed E-state index contributed by atoms with van der Waals surface area (Å²) in [5, 5.41) is 5.37. The van der Waals surface area contributed by atoms with Crippen LogP contribution in [0.2, 0.25) is 5.15 Å². The van der Waals surface area contributed by atoms with Crippen molar-refractivity contribution in [1.82, 2.24) is 24.5 Å². The average Bonchev–Trinajstić information content (AvgIpc) is 2.81. The summed E-state index contributed by atoms with van der Waals surface area (Å²) in [4.78, 5) is 7.64. The Morgan fingerprint density at radius 2 is 1.78 bits per heavy atom. The van der Waals surface area contributed by atoms with Gasteiger partial charge in [-0.3, -0.25) is 14.5 Å². The number of halogens is 1. The van der Waals surface area contributed by atoms with Gasteiger partial charge in [0.2, 0.25) is 0 Å². The molecule has 2 aliphatic heterocycles. The predicted octanol–water partition coefficient (Wildman–Crippen LogP) is 1.85. The number of piperidine rings is 1. The maximum atomic E-state index is 6.49. The third-order valence-corrected chi connectivity index (χ3v) is 6.34. The molecule has 2 fully saturated rings. The molecule has 0 radical (unpaired) electrons. The molecule has 0 aromatic carbocycles. The molecule has 0 unspecified atom stereocenters. The summed E-state index contributed by atoms with van der Waals surface area (Å²) >= 11 is 6.49. The summed E-state index contributed by atoms with van der Waals surface area (Å²) in [6.07, 6.45) is 3.47. The molecule has 1 aromatic heterocycles. The second-order valence-electron chi connectivity index (χ2n) is 7.35. The number of hydrogen-bond donors (Lipinski definition) is 0. The monoisotopic (exact) mass is 339 g/mol. The number of aryl methyl sites for hydroxylation is 2. The van der Waals surface area contributed by atoms with E-state index in [4.69, 9.17) is 11.6 Å². The smallest absolute Gasteiger partial charge is 0.131 e. The topological polar surface area (TPSA) is 27.5 Å². The van der Waals surface area contributed by atoms with Crippen LogP contribution in [0, 0.1) is 0 Å². The van der Waals surface area contributed by atoms with Crippen LogP contribution in [0.25, 0.3) is 0 Å². The minimum absolute atomic E-state index is 0.339. The number of piperazine rings is 1. The molecule has 0 amide bonds. The Bertz CT molecular complexity index is 547. The van der Waals surface area contributed by atoms with Crippen molar-refractivity contribution in [1.29, 1.82) is 0 Å². The Balaban J connectivity index is 1.75. The zero-order chi connectivity index (χ0) is 16.6. The number of hydrogen-bond acceptors (Lipinski definition) is 4. The molecule has 130 valence electrons. The van der Waals surface area contributed by atoms with Crippen molar-refractivity contribution in [3.63, 3.8) is 0 Å². The highest BCUT2D eigenvalue weighted by Crippen LogP contribution is 2.32. The number of nitrogens with zero attached hydrogens (tertiary/aromatic N) is 5. The van der Waals surface area contributed by atoms with Gasteiger partial charge < -0.3 is 4.90 Å². The van der Waals surface area contributed by atoms with E-state index in [1.807, 2.05) is 11.7 Å². The molecule has 0 aliphatic carbocycles. The van der Waals surface area contributed by atoms with Crippen LogP contribution in [-0.2, 0) is 20.0 Å². The molecule has 1 spiro atoms. The van der Waals surface area contributed by atoms with E-state index in [1.54, 1.807) is 0 Å². The normalized spacial score (nSPS) is 23.7. The number of likely N-dealkylation sites (N-methyl/N-ethyl adjacent to an activating group) is 1. The summed E-state index contributed by atoms with van der Waals surface area (Å²) in [5.74, 6) is 0.